The fourth-order valence-corrected chi connectivity index (χ4v) is 5.08. The van der Waals surface area contributed by atoms with Crippen LogP contribution in [-0.4, -0.2) is 78.9 Å². The summed E-state index contributed by atoms with van der Waals surface area (Å²) in [4.78, 5) is 53.2. The number of benzene rings is 2. The Morgan fingerprint density at radius 2 is 1.95 bits per heavy atom. The number of ether oxygens (including phenoxy) is 2. The molecular formula is C28H32N4O6. The molecule has 1 atom stereocenters. The van der Waals surface area contributed by atoms with Gasteiger partial charge in [-0.3, -0.25) is 29.4 Å². The maximum Gasteiger partial charge on any atom is 0.255 e. The minimum Gasteiger partial charge on any atom is -0.492 e. The Labute approximate surface area is 221 Å². The zero-order chi connectivity index (χ0) is 26.6. The van der Waals surface area contributed by atoms with Crippen molar-refractivity contribution >= 4 is 23.6 Å². The molecule has 38 heavy (non-hydrogen) atoms. The Bertz CT molecular complexity index is 1260. The lowest BCUT2D eigenvalue weighted by atomic mass is 10.0. The van der Waals surface area contributed by atoms with Crippen molar-refractivity contribution in [2.45, 2.75) is 38.9 Å². The molecule has 1 unspecified atom stereocenters. The van der Waals surface area contributed by atoms with Crippen LogP contribution in [0.2, 0.25) is 0 Å². The molecule has 200 valence electrons. The van der Waals surface area contributed by atoms with Gasteiger partial charge in [-0.15, -0.1) is 0 Å². The summed E-state index contributed by atoms with van der Waals surface area (Å²) < 4.78 is 11.3. The molecule has 3 aliphatic heterocycles. The van der Waals surface area contributed by atoms with Crippen LogP contribution in [0.1, 0.15) is 50.2 Å². The molecule has 2 N–H and O–H groups in total. The largest absolute Gasteiger partial charge is 0.492 e. The molecule has 2 aromatic carbocycles. The number of imide groups is 1. The first kappa shape index (κ1) is 25.9. The van der Waals surface area contributed by atoms with E-state index in [-0.39, 0.29) is 24.1 Å². The number of rotatable bonds is 8. The van der Waals surface area contributed by atoms with Gasteiger partial charge in [0.05, 0.1) is 13.2 Å². The molecule has 0 radical (unpaired) electrons. The number of carbonyl (C=O) groups is 4. The van der Waals surface area contributed by atoms with Crippen LogP contribution < -0.4 is 15.4 Å². The van der Waals surface area contributed by atoms with Crippen LogP contribution in [-0.2, 0) is 27.4 Å². The Kier molecular flexibility index (Phi) is 7.71. The van der Waals surface area contributed by atoms with Gasteiger partial charge >= 0.3 is 0 Å². The van der Waals surface area contributed by atoms with E-state index in [9.17, 15) is 19.2 Å². The zero-order valence-electron chi connectivity index (χ0n) is 21.5. The zero-order valence-corrected chi connectivity index (χ0v) is 21.5. The first-order valence-electron chi connectivity index (χ1n) is 13.0. The summed E-state index contributed by atoms with van der Waals surface area (Å²) in [6.07, 6.45) is 0.541. The number of piperidine rings is 1. The fourth-order valence-electron chi connectivity index (χ4n) is 5.08. The number of hydrogen-bond donors (Lipinski definition) is 2. The highest BCUT2D eigenvalue weighted by Crippen LogP contribution is 2.28. The second-order valence-corrected chi connectivity index (χ2v) is 9.86. The van der Waals surface area contributed by atoms with Crippen LogP contribution in [0, 0.1) is 6.92 Å². The number of aryl methyl sites for hydroxylation is 1. The quantitative estimate of drug-likeness (QED) is 0.506. The molecule has 0 bridgehead atoms. The molecule has 3 aliphatic rings. The van der Waals surface area contributed by atoms with Gasteiger partial charge in [-0.25, -0.2) is 0 Å². The van der Waals surface area contributed by atoms with Gasteiger partial charge < -0.3 is 19.7 Å². The van der Waals surface area contributed by atoms with E-state index in [0.717, 1.165) is 55.3 Å². The maximum atomic E-state index is 12.9. The van der Waals surface area contributed by atoms with Gasteiger partial charge in [0.15, 0.2) is 0 Å². The lowest BCUT2D eigenvalue weighted by Gasteiger charge is -2.29. The number of nitrogens with zero attached hydrogens (tertiary/aromatic N) is 2. The molecule has 2 saturated heterocycles. The molecule has 2 aromatic rings. The Balaban J connectivity index is 1.14. The van der Waals surface area contributed by atoms with Gasteiger partial charge in [0.25, 0.3) is 11.8 Å². The maximum absolute atomic E-state index is 12.9. The minimum absolute atomic E-state index is 0.199. The normalized spacial score (nSPS) is 19.8. The molecule has 10 heteroatoms. The third-order valence-electron chi connectivity index (χ3n) is 7.25. The molecule has 3 heterocycles. The highest BCUT2D eigenvalue weighted by molar-refractivity contribution is 6.05. The lowest BCUT2D eigenvalue weighted by Crippen LogP contribution is -2.52. The van der Waals surface area contributed by atoms with Gasteiger partial charge in [0.1, 0.15) is 18.4 Å². The number of hydrogen-bond acceptors (Lipinski definition) is 7. The Morgan fingerprint density at radius 1 is 1.13 bits per heavy atom. The summed E-state index contributed by atoms with van der Waals surface area (Å²) in [5.41, 5.74) is 3.65. The standard InChI is InChI=1S/C28H32N4O6/c1-18-14-20(3-6-24(18)38-13-10-31-8-11-37-12-9-31)26(34)29-16-19-2-4-22-21(15-19)17-32(28(22)36)23-5-7-25(33)30-27(23)35/h2-4,6,14-15,23H,5,7-13,16-17H2,1H3,(H,29,34)(H,30,33,35). The monoisotopic (exact) mass is 520 g/mol. The molecule has 5 rings (SSSR count). The van der Waals surface area contributed by atoms with Crippen molar-refractivity contribution in [3.8, 4) is 5.75 Å². The highest BCUT2D eigenvalue weighted by Gasteiger charge is 2.39. The smallest absolute Gasteiger partial charge is 0.255 e. The number of amides is 4. The fraction of sp³-hybridized carbons (Fsp3) is 0.429. The molecule has 0 aromatic heterocycles. The number of nitrogens with one attached hydrogen (secondary N) is 2. The highest BCUT2D eigenvalue weighted by atomic mass is 16.5. The van der Waals surface area contributed by atoms with Gasteiger partial charge in [-0.05, 0) is 54.3 Å². The SMILES string of the molecule is Cc1cc(C(=O)NCc2ccc3c(c2)CN(C2CCC(=O)NC2=O)C3=O)ccc1OCCN1CCOCC1. The average molecular weight is 521 g/mol. The molecule has 4 amide bonds. The van der Waals surface area contributed by atoms with E-state index in [1.807, 2.05) is 31.2 Å². The van der Waals surface area contributed by atoms with E-state index >= 15 is 0 Å². The second-order valence-electron chi connectivity index (χ2n) is 9.86. The van der Waals surface area contributed by atoms with Crippen molar-refractivity contribution in [1.82, 2.24) is 20.4 Å². The molecular weight excluding hydrogens is 488 g/mol. The van der Waals surface area contributed by atoms with Crippen LogP contribution >= 0.6 is 0 Å². The molecule has 2 fully saturated rings. The van der Waals surface area contributed by atoms with Gasteiger partial charge in [-0.1, -0.05) is 12.1 Å². The first-order valence-corrected chi connectivity index (χ1v) is 13.0. The number of carbonyl (C=O) groups excluding carboxylic acids is 4. The minimum atomic E-state index is -0.648. The van der Waals surface area contributed by atoms with E-state index in [4.69, 9.17) is 9.47 Å². The van der Waals surface area contributed by atoms with Crippen molar-refractivity contribution in [3.63, 3.8) is 0 Å². The summed E-state index contributed by atoms with van der Waals surface area (Å²) >= 11 is 0. The molecule has 0 aliphatic carbocycles. The van der Waals surface area contributed by atoms with Crippen molar-refractivity contribution in [3.05, 3.63) is 64.2 Å². The average Bonchev–Trinajstić information content (AvgIpc) is 3.24. The molecule has 0 spiro atoms. The van der Waals surface area contributed by atoms with Crippen LogP contribution in [0.25, 0.3) is 0 Å². The third kappa shape index (κ3) is 5.71. The van der Waals surface area contributed by atoms with Crippen LogP contribution in [0.5, 0.6) is 5.75 Å². The summed E-state index contributed by atoms with van der Waals surface area (Å²) in [5.74, 6) is -0.394. The van der Waals surface area contributed by atoms with E-state index < -0.39 is 11.9 Å². The van der Waals surface area contributed by atoms with Crippen LogP contribution in [0.15, 0.2) is 36.4 Å². The van der Waals surface area contributed by atoms with Crippen molar-refractivity contribution in [2.24, 2.45) is 0 Å². The van der Waals surface area contributed by atoms with Crippen molar-refractivity contribution < 1.29 is 28.7 Å². The number of fused-ring (bicyclic) bond motifs is 1. The summed E-state index contributed by atoms with van der Waals surface area (Å²) in [6, 6.07) is 10.2. The van der Waals surface area contributed by atoms with Gasteiger partial charge in [-0.2, -0.15) is 0 Å². The van der Waals surface area contributed by atoms with Crippen LogP contribution in [0.4, 0.5) is 0 Å². The summed E-state index contributed by atoms with van der Waals surface area (Å²) in [6.45, 7) is 7.29. The summed E-state index contributed by atoms with van der Waals surface area (Å²) in [7, 11) is 0. The Morgan fingerprint density at radius 3 is 2.71 bits per heavy atom. The lowest BCUT2D eigenvalue weighted by molar-refractivity contribution is -0.136. The van der Waals surface area contributed by atoms with E-state index in [2.05, 4.69) is 15.5 Å². The topological polar surface area (TPSA) is 117 Å². The second kappa shape index (κ2) is 11.3. The van der Waals surface area contributed by atoms with Crippen molar-refractivity contribution in [1.29, 1.82) is 0 Å². The Hall–Kier alpha value is -3.76. The number of morpholine rings is 1. The van der Waals surface area contributed by atoms with E-state index in [0.29, 0.717) is 37.2 Å². The predicted octanol–water partition coefficient (Wildman–Crippen LogP) is 1.40. The van der Waals surface area contributed by atoms with Gasteiger partial charge in [0, 0.05) is 50.3 Å². The van der Waals surface area contributed by atoms with E-state index in [1.165, 1.54) is 4.90 Å². The molecule has 10 nitrogen and oxygen atoms in total. The first-order chi connectivity index (χ1) is 18.4. The van der Waals surface area contributed by atoms with Crippen LogP contribution in [0.3, 0.4) is 0 Å². The molecule has 0 saturated carbocycles. The predicted molar refractivity (Wildman–Crippen MR) is 138 cm³/mol. The van der Waals surface area contributed by atoms with E-state index in [1.54, 1.807) is 12.1 Å². The van der Waals surface area contributed by atoms with Crippen molar-refractivity contribution in [2.75, 3.05) is 39.5 Å². The third-order valence-corrected chi connectivity index (χ3v) is 7.25. The summed E-state index contributed by atoms with van der Waals surface area (Å²) in [5, 5.41) is 5.25. The van der Waals surface area contributed by atoms with Gasteiger partial charge in [0.2, 0.25) is 11.8 Å².